The molecule has 0 fully saturated rings. The van der Waals surface area contributed by atoms with Gasteiger partial charge in [-0.05, 0) is 26.0 Å². The number of hydrogen-bond acceptors (Lipinski definition) is 4. The van der Waals surface area contributed by atoms with Crippen molar-refractivity contribution in [3.05, 3.63) is 22.8 Å². The first-order valence-corrected chi connectivity index (χ1v) is 6.21. The number of anilines is 1. The molecule has 0 unspecified atom stereocenters. The van der Waals surface area contributed by atoms with Crippen molar-refractivity contribution in [2.45, 2.75) is 26.3 Å². The van der Waals surface area contributed by atoms with Gasteiger partial charge >= 0.3 is 5.97 Å². The molecular weight excluding hydrogens is 270 g/mol. The van der Waals surface area contributed by atoms with Crippen LogP contribution < -0.4 is 10.6 Å². The molecule has 0 atom stereocenters. The van der Waals surface area contributed by atoms with Crippen LogP contribution in [-0.4, -0.2) is 34.6 Å². The summed E-state index contributed by atoms with van der Waals surface area (Å²) < 4.78 is 0. The Hall–Kier alpha value is -1.82. The van der Waals surface area contributed by atoms with Crippen molar-refractivity contribution < 1.29 is 14.7 Å². The number of nitrogens with one attached hydrogen (secondary N) is 2. The SMILES string of the molecule is CC(C)NC(=O)CCNc1ccc(Cl)c(C(=O)O)n1. The molecule has 0 radical (unpaired) electrons. The molecule has 1 heterocycles. The predicted molar refractivity (Wildman–Crippen MR) is 72.6 cm³/mol. The number of nitrogens with zero attached hydrogens (tertiary/aromatic N) is 1. The summed E-state index contributed by atoms with van der Waals surface area (Å²) in [7, 11) is 0. The molecule has 1 rings (SSSR count). The molecule has 0 aliphatic heterocycles. The molecule has 0 spiro atoms. The van der Waals surface area contributed by atoms with Crippen molar-refractivity contribution >= 4 is 29.3 Å². The average molecular weight is 286 g/mol. The van der Waals surface area contributed by atoms with Gasteiger partial charge in [0.05, 0.1) is 5.02 Å². The number of carbonyl (C=O) groups excluding carboxylic acids is 1. The standard InChI is InChI=1S/C12H16ClN3O3/c1-7(2)15-10(17)5-6-14-9-4-3-8(13)11(16-9)12(18)19/h3-4,7H,5-6H2,1-2H3,(H,14,16)(H,15,17)(H,18,19). The summed E-state index contributed by atoms with van der Waals surface area (Å²) in [5.41, 5.74) is -0.210. The Morgan fingerprint density at radius 2 is 2.11 bits per heavy atom. The number of rotatable bonds is 6. The Kier molecular flexibility index (Phi) is 5.57. The lowest BCUT2D eigenvalue weighted by Gasteiger charge is -2.09. The first-order chi connectivity index (χ1) is 8.90. The molecule has 0 aliphatic carbocycles. The van der Waals surface area contributed by atoms with E-state index in [-0.39, 0.29) is 29.1 Å². The van der Waals surface area contributed by atoms with Gasteiger partial charge in [-0.25, -0.2) is 9.78 Å². The summed E-state index contributed by atoms with van der Waals surface area (Å²) in [5, 5.41) is 14.6. The summed E-state index contributed by atoms with van der Waals surface area (Å²) in [6.45, 7) is 4.13. The van der Waals surface area contributed by atoms with Gasteiger partial charge < -0.3 is 15.7 Å². The highest BCUT2D eigenvalue weighted by Crippen LogP contribution is 2.16. The lowest BCUT2D eigenvalue weighted by atomic mass is 10.3. The number of aromatic nitrogens is 1. The molecule has 0 aliphatic rings. The van der Waals surface area contributed by atoms with E-state index in [0.29, 0.717) is 12.4 Å². The van der Waals surface area contributed by atoms with Gasteiger partial charge in [-0.1, -0.05) is 11.6 Å². The van der Waals surface area contributed by atoms with E-state index >= 15 is 0 Å². The van der Waals surface area contributed by atoms with Crippen molar-refractivity contribution in [1.29, 1.82) is 0 Å². The van der Waals surface area contributed by atoms with Crippen molar-refractivity contribution in [3.63, 3.8) is 0 Å². The van der Waals surface area contributed by atoms with Crippen molar-refractivity contribution in [2.75, 3.05) is 11.9 Å². The van der Waals surface area contributed by atoms with Gasteiger partial charge in [-0.3, -0.25) is 4.79 Å². The summed E-state index contributed by atoms with van der Waals surface area (Å²) in [6, 6.07) is 3.11. The molecule has 1 aromatic rings. The van der Waals surface area contributed by atoms with Crippen molar-refractivity contribution in [3.8, 4) is 0 Å². The Morgan fingerprint density at radius 3 is 2.68 bits per heavy atom. The molecule has 0 bridgehead atoms. The smallest absolute Gasteiger partial charge is 0.356 e. The van der Waals surface area contributed by atoms with E-state index < -0.39 is 5.97 Å². The lowest BCUT2D eigenvalue weighted by Crippen LogP contribution is -2.31. The average Bonchev–Trinajstić information content (AvgIpc) is 2.30. The number of pyridine rings is 1. The van der Waals surface area contributed by atoms with Crippen molar-refractivity contribution in [2.24, 2.45) is 0 Å². The minimum Gasteiger partial charge on any atom is -0.476 e. The molecule has 19 heavy (non-hydrogen) atoms. The molecular formula is C12H16ClN3O3. The number of aromatic carboxylic acids is 1. The minimum atomic E-state index is -1.19. The molecule has 1 aromatic heterocycles. The van der Waals surface area contributed by atoms with Gasteiger partial charge in [0.25, 0.3) is 0 Å². The van der Waals surface area contributed by atoms with Crippen LogP contribution in [0.5, 0.6) is 0 Å². The summed E-state index contributed by atoms with van der Waals surface area (Å²) in [6.07, 6.45) is 0.283. The van der Waals surface area contributed by atoms with E-state index in [1.54, 1.807) is 6.07 Å². The zero-order valence-electron chi connectivity index (χ0n) is 10.7. The minimum absolute atomic E-state index is 0.0741. The Balaban J connectivity index is 2.52. The van der Waals surface area contributed by atoms with Crippen LogP contribution in [0.2, 0.25) is 5.02 Å². The van der Waals surface area contributed by atoms with Crippen LogP contribution >= 0.6 is 11.6 Å². The van der Waals surface area contributed by atoms with Gasteiger partial charge in [-0.15, -0.1) is 0 Å². The maximum atomic E-state index is 11.4. The second kappa shape index (κ2) is 6.94. The molecule has 0 aromatic carbocycles. The quantitative estimate of drug-likeness (QED) is 0.741. The highest BCUT2D eigenvalue weighted by molar-refractivity contribution is 6.33. The van der Waals surface area contributed by atoms with Gasteiger partial charge in [0.1, 0.15) is 5.82 Å². The molecule has 0 saturated carbocycles. The number of carbonyl (C=O) groups is 2. The van der Waals surface area contributed by atoms with Crippen LogP contribution in [0.1, 0.15) is 30.8 Å². The van der Waals surface area contributed by atoms with Gasteiger partial charge in [-0.2, -0.15) is 0 Å². The number of amides is 1. The second-order valence-corrected chi connectivity index (χ2v) is 4.64. The van der Waals surface area contributed by atoms with Crippen LogP contribution in [0, 0.1) is 0 Å². The van der Waals surface area contributed by atoms with E-state index in [9.17, 15) is 9.59 Å². The number of halogens is 1. The summed E-state index contributed by atoms with van der Waals surface area (Å²) >= 11 is 5.70. The lowest BCUT2D eigenvalue weighted by molar-refractivity contribution is -0.121. The largest absolute Gasteiger partial charge is 0.476 e. The van der Waals surface area contributed by atoms with Crippen LogP contribution in [0.4, 0.5) is 5.82 Å². The van der Waals surface area contributed by atoms with Crippen molar-refractivity contribution in [1.82, 2.24) is 10.3 Å². The number of hydrogen-bond donors (Lipinski definition) is 3. The fraction of sp³-hybridized carbons (Fsp3) is 0.417. The highest BCUT2D eigenvalue weighted by Gasteiger charge is 2.11. The van der Waals surface area contributed by atoms with E-state index in [1.165, 1.54) is 6.07 Å². The Morgan fingerprint density at radius 1 is 1.42 bits per heavy atom. The topological polar surface area (TPSA) is 91.3 Å². The summed E-state index contributed by atoms with van der Waals surface area (Å²) in [4.78, 5) is 26.1. The molecule has 3 N–H and O–H groups in total. The zero-order chi connectivity index (χ0) is 14.4. The van der Waals surface area contributed by atoms with Crippen LogP contribution in [0.25, 0.3) is 0 Å². The van der Waals surface area contributed by atoms with E-state index in [1.807, 2.05) is 13.8 Å². The predicted octanol–water partition coefficient (Wildman–Crippen LogP) is 1.76. The monoisotopic (exact) mass is 285 g/mol. The first-order valence-electron chi connectivity index (χ1n) is 5.83. The third-order valence-corrected chi connectivity index (χ3v) is 2.46. The second-order valence-electron chi connectivity index (χ2n) is 4.23. The maximum Gasteiger partial charge on any atom is 0.356 e. The normalized spacial score (nSPS) is 10.3. The number of carboxylic acid groups (broad SMARTS) is 1. The molecule has 6 nitrogen and oxygen atoms in total. The molecule has 7 heteroatoms. The third kappa shape index (κ3) is 5.13. The third-order valence-electron chi connectivity index (χ3n) is 2.16. The first kappa shape index (κ1) is 15.2. The fourth-order valence-corrected chi connectivity index (χ4v) is 1.57. The Bertz CT molecular complexity index is 477. The van der Waals surface area contributed by atoms with Gasteiger partial charge in [0.15, 0.2) is 5.69 Å². The fourth-order valence-electron chi connectivity index (χ4n) is 1.39. The highest BCUT2D eigenvalue weighted by atomic mass is 35.5. The summed E-state index contributed by atoms with van der Waals surface area (Å²) in [5.74, 6) is -0.889. The zero-order valence-corrected chi connectivity index (χ0v) is 11.5. The molecule has 104 valence electrons. The van der Waals surface area contributed by atoms with Crippen LogP contribution in [0.15, 0.2) is 12.1 Å². The van der Waals surface area contributed by atoms with Crippen LogP contribution in [0.3, 0.4) is 0 Å². The van der Waals surface area contributed by atoms with Gasteiger partial charge in [0.2, 0.25) is 5.91 Å². The van der Waals surface area contributed by atoms with Crippen LogP contribution in [-0.2, 0) is 4.79 Å². The van der Waals surface area contributed by atoms with E-state index in [0.717, 1.165) is 0 Å². The molecule has 1 amide bonds. The van der Waals surface area contributed by atoms with E-state index in [4.69, 9.17) is 16.7 Å². The van der Waals surface area contributed by atoms with E-state index in [2.05, 4.69) is 15.6 Å². The maximum absolute atomic E-state index is 11.4. The van der Waals surface area contributed by atoms with Gasteiger partial charge in [0, 0.05) is 19.0 Å². The molecule has 0 saturated heterocycles. The Labute approximate surface area is 116 Å². The number of carboxylic acids is 1.